The number of para-hydroxylation sites is 1. The van der Waals surface area contributed by atoms with Gasteiger partial charge in [0.1, 0.15) is 5.75 Å². The number of nitrogens with zero attached hydrogens (tertiary/aromatic N) is 1. The Labute approximate surface area is 96.7 Å². The second-order valence-electron chi connectivity index (χ2n) is 4.21. The minimum absolute atomic E-state index is 0.570. The molecule has 0 unspecified atom stereocenters. The van der Waals surface area contributed by atoms with Crippen LogP contribution in [0.2, 0.25) is 0 Å². The Morgan fingerprint density at radius 1 is 1.38 bits per heavy atom. The van der Waals surface area contributed by atoms with E-state index in [1.165, 1.54) is 0 Å². The summed E-state index contributed by atoms with van der Waals surface area (Å²) in [6, 6.07) is 7.60. The third-order valence-corrected chi connectivity index (χ3v) is 2.38. The molecule has 0 aliphatic carbocycles. The SMILES string of the molecule is C/C(=N\O)c1ccccc1OCCC(C)C. The first kappa shape index (κ1) is 12.6. The van der Waals surface area contributed by atoms with Crippen molar-refractivity contribution in [2.45, 2.75) is 27.2 Å². The minimum atomic E-state index is 0.570. The number of benzene rings is 1. The van der Waals surface area contributed by atoms with Crippen LogP contribution in [0.1, 0.15) is 32.8 Å². The largest absolute Gasteiger partial charge is 0.493 e. The lowest BCUT2D eigenvalue weighted by Gasteiger charge is -2.11. The molecule has 0 saturated heterocycles. The molecule has 0 amide bonds. The fourth-order valence-corrected chi connectivity index (χ4v) is 1.35. The van der Waals surface area contributed by atoms with Crippen LogP contribution in [0.3, 0.4) is 0 Å². The van der Waals surface area contributed by atoms with E-state index in [9.17, 15) is 0 Å². The van der Waals surface area contributed by atoms with E-state index >= 15 is 0 Å². The summed E-state index contributed by atoms with van der Waals surface area (Å²) in [6.45, 7) is 6.77. The number of hydrogen-bond acceptors (Lipinski definition) is 3. The maximum atomic E-state index is 8.76. The molecule has 0 fully saturated rings. The van der Waals surface area contributed by atoms with E-state index < -0.39 is 0 Å². The fourth-order valence-electron chi connectivity index (χ4n) is 1.35. The summed E-state index contributed by atoms with van der Waals surface area (Å²) in [7, 11) is 0. The van der Waals surface area contributed by atoms with Crippen molar-refractivity contribution in [2.75, 3.05) is 6.61 Å². The molecule has 1 aromatic carbocycles. The van der Waals surface area contributed by atoms with Crippen LogP contribution >= 0.6 is 0 Å². The summed E-state index contributed by atoms with van der Waals surface area (Å²) in [6.07, 6.45) is 1.02. The lowest BCUT2D eigenvalue weighted by atomic mass is 10.1. The van der Waals surface area contributed by atoms with Gasteiger partial charge in [0.15, 0.2) is 0 Å². The lowest BCUT2D eigenvalue weighted by Crippen LogP contribution is -2.05. The van der Waals surface area contributed by atoms with Gasteiger partial charge in [-0.25, -0.2) is 0 Å². The van der Waals surface area contributed by atoms with Crippen LogP contribution < -0.4 is 4.74 Å². The zero-order valence-corrected chi connectivity index (χ0v) is 10.1. The van der Waals surface area contributed by atoms with E-state index in [1.54, 1.807) is 6.92 Å². The Morgan fingerprint density at radius 2 is 2.06 bits per heavy atom. The number of rotatable bonds is 5. The van der Waals surface area contributed by atoms with Crippen molar-refractivity contribution >= 4 is 5.71 Å². The maximum Gasteiger partial charge on any atom is 0.128 e. The zero-order chi connectivity index (χ0) is 12.0. The molecule has 88 valence electrons. The van der Waals surface area contributed by atoms with Gasteiger partial charge in [-0.15, -0.1) is 0 Å². The van der Waals surface area contributed by atoms with Crippen LogP contribution in [-0.2, 0) is 0 Å². The first-order chi connectivity index (χ1) is 7.65. The van der Waals surface area contributed by atoms with Gasteiger partial charge in [-0.05, 0) is 31.4 Å². The first-order valence-corrected chi connectivity index (χ1v) is 5.56. The predicted molar refractivity (Wildman–Crippen MR) is 65.4 cm³/mol. The molecule has 0 bridgehead atoms. The van der Waals surface area contributed by atoms with Gasteiger partial charge >= 0.3 is 0 Å². The monoisotopic (exact) mass is 221 g/mol. The molecule has 3 nitrogen and oxygen atoms in total. The number of hydrogen-bond donors (Lipinski definition) is 1. The van der Waals surface area contributed by atoms with Gasteiger partial charge in [0.2, 0.25) is 0 Å². The van der Waals surface area contributed by atoms with Crippen LogP contribution in [0.4, 0.5) is 0 Å². The highest BCUT2D eigenvalue weighted by Crippen LogP contribution is 2.19. The van der Waals surface area contributed by atoms with E-state index in [0.29, 0.717) is 18.2 Å². The standard InChI is InChI=1S/C13H19NO2/c1-10(2)8-9-16-13-7-5-4-6-12(13)11(3)14-15/h4-7,10,15H,8-9H2,1-3H3/b14-11+. The molecule has 0 atom stereocenters. The maximum absolute atomic E-state index is 8.76. The summed E-state index contributed by atoms with van der Waals surface area (Å²) >= 11 is 0. The molecule has 0 heterocycles. The highest BCUT2D eigenvalue weighted by molar-refractivity contribution is 6.00. The van der Waals surface area contributed by atoms with Gasteiger partial charge in [0, 0.05) is 5.56 Å². The van der Waals surface area contributed by atoms with Crippen LogP contribution in [0, 0.1) is 5.92 Å². The van der Waals surface area contributed by atoms with Crippen molar-refractivity contribution in [2.24, 2.45) is 11.1 Å². The van der Waals surface area contributed by atoms with Crippen molar-refractivity contribution in [3.63, 3.8) is 0 Å². The Kier molecular flexibility index (Phi) is 4.83. The van der Waals surface area contributed by atoms with Crippen molar-refractivity contribution in [3.8, 4) is 5.75 Å². The quantitative estimate of drug-likeness (QED) is 0.471. The molecule has 0 aliphatic rings. The minimum Gasteiger partial charge on any atom is -0.493 e. The van der Waals surface area contributed by atoms with Gasteiger partial charge in [0.25, 0.3) is 0 Å². The highest BCUT2D eigenvalue weighted by atomic mass is 16.5. The van der Waals surface area contributed by atoms with Crippen LogP contribution in [0.25, 0.3) is 0 Å². The Morgan fingerprint density at radius 3 is 2.69 bits per heavy atom. The Hall–Kier alpha value is -1.51. The van der Waals surface area contributed by atoms with Gasteiger partial charge in [-0.3, -0.25) is 0 Å². The average Bonchev–Trinajstić information content (AvgIpc) is 2.28. The van der Waals surface area contributed by atoms with Crippen molar-refractivity contribution in [3.05, 3.63) is 29.8 Å². The third kappa shape index (κ3) is 3.57. The third-order valence-electron chi connectivity index (χ3n) is 2.38. The normalized spacial score (nSPS) is 11.9. The summed E-state index contributed by atoms with van der Waals surface area (Å²) in [5, 5.41) is 12.0. The lowest BCUT2D eigenvalue weighted by molar-refractivity contribution is 0.288. The molecule has 0 aromatic heterocycles. The molecular weight excluding hydrogens is 202 g/mol. The van der Waals surface area contributed by atoms with Gasteiger partial charge < -0.3 is 9.94 Å². The molecule has 1 aromatic rings. The number of ether oxygens (including phenoxy) is 1. The first-order valence-electron chi connectivity index (χ1n) is 5.56. The molecule has 1 N–H and O–H groups in total. The molecule has 16 heavy (non-hydrogen) atoms. The fraction of sp³-hybridized carbons (Fsp3) is 0.462. The van der Waals surface area contributed by atoms with Gasteiger partial charge in [-0.1, -0.05) is 31.1 Å². The second kappa shape index (κ2) is 6.16. The topological polar surface area (TPSA) is 41.8 Å². The molecule has 0 spiro atoms. The molecule has 0 aliphatic heterocycles. The summed E-state index contributed by atoms with van der Waals surface area (Å²) in [5.41, 5.74) is 1.41. The van der Waals surface area contributed by atoms with Gasteiger partial charge in [-0.2, -0.15) is 0 Å². The Balaban J connectivity index is 2.72. The Bertz CT molecular complexity index is 359. The smallest absolute Gasteiger partial charge is 0.128 e. The predicted octanol–water partition coefficient (Wildman–Crippen LogP) is 3.31. The van der Waals surface area contributed by atoms with E-state index in [2.05, 4.69) is 19.0 Å². The second-order valence-corrected chi connectivity index (χ2v) is 4.21. The molecule has 3 heteroatoms. The molecule has 1 rings (SSSR count). The summed E-state index contributed by atoms with van der Waals surface area (Å²) < 4.78 is 5.68. The zero-order valence-electron chi connectivity index (χ0n) is 10.1. The van der Waals surface area contributed by atoms with Crippen LogP contribution in [0.15, 0.2) is 29.4 Å². The number of oxime groups is 1. The van der Waals surface area contributed by atoms with Crippen molar-refractivity contribution in [1.82, 2.24) is 0 Å². The summed E-state index contributed by atoms with van der Waals surface area (Å²) in [5.74, 6) is 1.40. The van der Waals surface area contributed by atoms with Crippen molar-refractivity contribution < 1.29 is 9.94 Å². The van der Waals surface area contributed by atoms with E-state index in [0.717, 1.165) is 17.7 Å². The molecule has 0 radical (unpaired) electrons. The van der Waals surface area contributed by atoms with E-state index in [4.69, 9.17) is 9.94 Å². The summed E-state index contributed by atoms with van der Waals surface area (Å²) in [4.78, 5) is 0. The highest BCUT2D eigenvalue weighted by Gasteiger charge is 2.06. The van der Waals surface area contributed by atoms with Gasteiger partial charge in [0.05, 0.1) is 12.3 Å². The van der Waals surface area contributed by atoms with Crippen LogP contribution in [-0.4, -0.2) is 17.5 Å². The van der Waals surface area contributed by atoms with E-state index in [-0.39, 0.29) is 0 Å². The molecule has 0 saturated carbocycles. The van der Waals surface area contributed by atoms with Crippen molar-refractivity contribution in [1.29, 1.82) is 0 Å². The molecular formula is C13H19NO2. The van der Waals surface area contributed by atoms with Crippen LogP contribution in [0.5, 0.6) is 5.75 Å². The van der Waals surface area contributed by atoms with E-state index in [1.807, 2.05) is 24.3 Å². The average molecular weight is 221 g/mol.